The first-order valence-corrected chi connectivity index (χ1v) is 14.0. The van der Waals surface area contributed by atoms with Crippen LogP contribution < -0.4 is 5.14 Å². The molecule has 0 spiro atoms. The predicted octanol–water partition coefficient (Wildman–Crippen LogP) is 6.28. The van der Waals surface area contributed by atoms with Gasteiger partial charge >= 0.3 is 0 Å². The molecule has 1 heterocycles. The van der Waals surface area contributed by atoms with Crippen LogP contribution in [-0.4, -0.2) is 18.2 Å². The van der Waals surface area contributed by atoms with Crippen molar-refractivity contribution in [3.05, 3.63) is 131 Å². The molecular weight excluding hydrogens is 518 g/mol. The third-order valence-corrected chi connectivity index (χ3v) is 7.39. The predicted molar refractivity (Wildman–Crippen MR) is 150 cm³/mol. The standard InChI is InChI=1S/C30H26ClN3O3S/c31-25-17-15-24(16-18-25)29-27(21-37-20-23-11-5-2-6-12-23)34(19-22-9-3-1-4-10-22)33-30(29)26-13-7-8-14-28(26)38(32,35)36/h1-18H,19-21H2,(H2,32,35,36). The summed E-state index contributed by atoms with van der Waals surface area (Å²) < 4.78 is 33.1. The average Bonchev–Trinajstić information content (AvgIpc) is 3.27. The van der Waals surface area contributed by atoms with Gasteiger partial charge in [0.05, 0.1) is 30.3 Å². The number of rotatable bonds is 9. The summed E-state index contributed by atoms with van der Waals surface area (Å²) in [4.78, 5) is 0.0105. The number of ether oxygens (including phenoxy) is 1. The first kappa shape index (κ1) is 25.9. The van der Waals surface area contributed by atoms with E-state index in [0.29, 0.717) is 29.4 Å². The summed E-state index contributed by atoms with van der Waals surface area (Å²) >= 11 is 6.20. The number of nitrogens with zero attached hydrogens (tertiary/aromatic N) is 2. The van der Waals surface area contributed by atoms with Gasteiger partial charge in [-0.2, -0.15) is 5.10 Å². The zero-order valence-corrected chi connectivity index (χ0v) is 22.1. The summed E-state index contributed by atoms with van der Waals surface area (Å²) in [6.07, 6.45) is 0. The Balaban J connectivity index is 1.68. The Morgan fingerprint density at radius 1 is 0.763 bits per heavy atom. The van der Waals surface area contributed by atoms with Gasteiger partial charge in [-0.05, 0) is 34.9 Å². The summed E-state index contributed by atoms with van der Waals surface area (Å²) in [5.74, 6) is 0. The van der Waals surface area contributed by atoms with Crippen molar-refractivity contribution in [3.63, 3.8) is 0 Å². The molecule has 5 aromatic rings. The zero-order valence-electron chi connectivity index (χ0n) is 20.5. The van der Waals surface area contributed by atoms with Gasteiger partial charge in [-0.1, -0.05) is 103 Å². The number of benzene rings is 4. The molecule has 0 aliphatic carbocycles. The van der Waals surface area contributed by atoms with E-state index in [2.05, 4.69) is 0 Å². The Morgan fingerprint density at radius 2 is 1.37 bits per heavy atom. The van der Waals surface area contributed by atoms with E-state index in [9.17, 15) is 8.42 Å². The normalized spacial score (nSPS) is 11.5. The molecule has 1 aromatic heterocycles. The summed E-state index contributed by atoms with van der Waals surface area (Å²) in [5, 5.41) is 11.2. The maximum Gasteiger partial charge on any atom is 0.238 e. The molecule has 4 aromatic carbocycles. The molecule has 0 atom stereocenters. The van der Waals surface area contributed by atoms with E-state index in [0.717, 1.165) is 27.9 Å². The van der Waals surface area contributed by atoms with Crippen molar-refractivity contribution in [2.24, 2.45) is 5.14 Å². The van der Waals surface area contributed by atoms with Crippen LogP contribution in [0.2, 0.25) is 5.02 Å². The minimum atomic E-state index is -4.00. The van der Waals surface area contributed by atoms with Crippen LogP contribution in [0.25, 0.3) is 22.4 Å². The maximum absolute atomic E-state index is 12.5. The molecule has 0 amide bonds. The van der Waals surface area contributed by atoms with Gasteiger partial charge in [0.15, 0.2) is 0 Å². The number of sulfonamides is 1. The highest BCUT2D eigenvalue weighted by Crippen LogP contribution is 2.38. The highest BCUT2D eigenvalue weighted by atomic mass is 35.5. The molecule has 5 rings (SSSR count). The van der Waals surface area contributed by atoms with Crippen LogP contribution in [0.4, 0.5) is 0 Å². The number of nitrogens with two attached hydrogens (primary N) is 1. The molecule has 0 fully saturated rings. The van der Waals surface area contributed by atoms with Gasteiger partial charge in [-0.15, -0.1) is 0 Å². The first-order valence-electron chi connectivity index (χ1n) is 12.0. The number of hydrogen-bond donors (Lipinski definition) is 1. The number of hydrogen-bond acceptors (Lipinski definition) is 4. The molecule has 0 saturated carbocycles. The second kappa shape index (κ2) is 11.3. The van der Waals surface area contributed by atoms with Crippen molar-refractivity contribution in [2.45, 2.75) is 24.7 Å². The van der Waals surface area contributed by atoms with Crippen molar-refractivity contribution in [2.75, 3.05) is 0 Å². The molecule has 38 heavy (non-hydrogen) atoms. The maximum atomic E-state index is 12.5. The number of primary sulfonamides is 1. The van der Waals surface area contributed by atoms with Gasteiger partial charge in [-0.3, -0.25) is 4.68 Å². The Kier molecular flexibility index (Phi) is 7.72. The lowest BCUT2D eigenvalue weighted by molar-refractivity contribution is 0.102. The molecule has 0 saturated heterocycles. The monoisotopic (exact) mass is 543 g/mol. The third kappa shape index (κ3) is 5.87. The van der Waals surface area contributed by atoms with Gasteiger partial charge in [-0.25, -0.2) is 13.6 Å². The van der Waals surface area contributed by atoms with Crippen LogP contribution >= 0.6 is 11.6 Å². The third-order valence-electron chi connectivity index (χ3n) is 6.16. The number of halogens is 1. The van der Waals surface area contributed by atoms with E-state index >= 15 is 0 Å². The van der Waals surface area contributed by atoms with Crippen molar-refractivity contribution >= 4 is 21.6 Å². The molecule has 6 nitrogen and oxygen atoms in total. The van der Waals surface area contributed by atoms with Crippen molar-refractivity contribution in [1.82, 2.24) is 9.78 Å². The fraction of sp³-hybridized carbons (Fsp3) is 0.100. The highest BCUT2D eigenvalue weighted by molar-refractivity contribution is 7.89. The summed E-state index contributed by atoms with van der Waals surface area (Å²) in [5.41, 5.74) is 5.45. The van der Waals surface area contributed by atoms with Crippen LogP contribution in [0, 0.1) is 0 Å². The van der Waals surface area contributed by atoms with Crippen molar-refractivity contribution in [3.8, 4) is 22.4 Å². The highest BCUT2D eigenvalue weighted by Gasteiger charge is 2.25. The largest absolute Gasteiger partial charge is 0.370 e. The molecule has 0 radical (unpaired) electrons. The van der Waals surface area contributed by atoms with Gasteiger partial charge in [0.25, 0.3) is 0 Å². The molecular formula is C30H26ClN3O3S. The second-order valence-electron chi connectivity index (χ2n) is 8.84. The molecule has 8 heteroatoms. The van der Waals surface area contributed by atoms with Gasteiger partial charge < -0.3 is 4.74 Å². The number of aromatic nitrogens is 2. The van der Waals surface area contributed by atoms with E-state index < -0.39 is 10.0 Å². The Morgan fingerprint density at radius 3 is 2.03 bits per heavy atom. The Labute approximate surface area is 227 Å². The molecule has 0 bridgehead atoms. The molecule has 0 unspecified atom stereocenters. The molecule has 0 aliphatic heterocycles. The van der Waals surface area contributed by atoms with E-state index in [1.54, 1.807) is 30.3 Å². The average molecular weight is 544 g/mol. The lowest BCUT2D eigenvalue weighted by Crippen LogP contribution is -2.13. The second-order valence-corrected chi connectivity index (χ2v) is 10.8. The van der Waals surface area contributed by atoms with Gasteiger partial charge in [0.1, 0.15) is 5.69 Å². The van der Waals surface area contributed by atoms with E-state index in [1.807, 2.05) is 77.5 Å². The molecule has 2 N–H and O–H groups in total. The smallest absolute Gasteiger partial charge is 0.238 e. The fourth-order valence-corrected chi connectivity index (χ4v) is 5.25. The van der Waals surface area contributed by atoms with Gasteiger partial charge in [0, 0.05) is 16.1 Å². The molecule has 0 aliphatic rings. The summed E-state index contributed by atoms with van der Waals surface area (Å²) in [6, 6.07) is 33.9. The quantitative estimate of drug-likeness (QED) is 0.237. The summed E-state index contributed by atoms with van der Waals surface area (Å²) in [6.45, 7) is 1.15. The SMILES string of the molecule is NS(=O)(=O)c1ccccc1-c1nn(Cc2ccccc2)c(COCc2ccccc2)c1-c1ccc(Cl)cc1. The lowest BCUT2D eigenvalue weighted by Gasteiger charge is -2.12. The van der Waals surface area contributed by atoms with Crippen molar-refractivity contribution < 1.29 is 13.2 Å². The fourth-order valence-electron chi connectivity index (χ4n) is 4.39. The first-order chi connectivity index (χ1) is 18.4. The Bertz CT molecular complexity index is 1640. The van der Waals surface area contributed by atoms with Crippen molar-refractivity contribution in [1.29, 1.82) is 0 Å². The van der Waals surface area contributed by atoms with Crippen LogP contribution in [0.1, 0.15) is 16.8 Å². The topological polar surface area (TPSA) is 87.2 Å². The van der Waals surface area contributed by atoms with E-state index in [1.165, 1.54) is 6.07 Å². The molecule has 192 valence electrons. The van der Waals surface area contributed by atoms with E-state index in [-0.39, 0.29) is 11.5 Å². The Hall–Kier alpha value is -3.75. The van der Waals surface area contributed by atoms with Crippen LogP contribution in [0.3, 0.4) is 0 Å². The minimum Gasteiger partial charge on any atom is -0.370 e. The van der Waals surface area contributed by atoms with Crippen LogP contribution in [0.15, 0.2) is 114 Å². The minimum absolute atomic E-state index is 0.0105. The lowest BCUT2D eigenvalue weighted by atomic mass is 9.99. The van der Waals surface area contributed by atoms with E-state index in [4.69, 9.17) is 26.6 Å². The van der Waals surface area contributed by atoms with Gasteiger partial charge in [0.2, 0.25) is 10.0 Å². The van der Waals surface area contributed by atoms with Crippen LogP contribution in [-0.2, 0) is 34.5 Å². The zero-order chi connectivity index (χ0) is 26.5. The summed E-state index contributed by atoms with van der Waals surface area (Å²) in [7, 11) is -4.00. The van der Waals surface area contributed by atoms with Crippen LogP contribution in [0.5, 0.6) is 0 Å².